The summed E-state index contributed by atoms with van der Waals surface area (Å²) in [6, 6.07) is 9.03. The number of nitrogens with zero attached hydrogens (tertiary/aromatic N) is 2. The van der Waals surface area contributed by atoms with Crippen molar-refractivity contribution in [3.05, 3.63) is 68.3 Å². The number of benzene rings is 2. The smallest absolute Gasteiger partial charge is 0.258 e. The second-order valence-electron chi connectivity index (χ2n) is 4.39. The molecule has 0 aliphatic rings. The summed E-state index contributed by atoms with van der Waals surface area (Å²) in [5.41, 5.74) is -1.58. The minimum Gasteiger partial charge on any atom is -0.258 e. The zero-order valence-electron chi connectivity index (χ0n) is 11.3. The highest BCUT2D eigenvalue weighted by Crippen LogP contribution is 2.36. The van der Waals surface area contributed by atoms with Crippen molar-refractivity contribution in [3.63, 3.8) is 0 Å². The molecule has 2 rings (SSSR count). The Kier molecular flexibility index (Phi) is 3.91. The quantitative estimate of drug-likeness (QED) is 0.630. The molecule has 0 aromatic heterocycles. The van der Waals surface area contributed by atoms with E-state index in [1.165, 1.54) is 24.3 Å². The van der Waals surface area contributed by atoms with Crippen LogP contribution in [0.15, 0.2) is 52.3 Å². The third kappa shape index (κ3) is 2.53. The van der Waals surface area contributed by atoms with Gasteiger partial charge in [-0.25, -0.2) is 8.42 Å². The maximum Gasteiger partial charge on any atom is 0.298 e. The van der Waals surface area contributed by atoms with Crippen LogP contribution in [0, 0.1) is 27.2 Å². The standard InChI is InChI=1S/C13H10N2O6S/c1-9-11(14(16)17)7-8-12(13(9)15(18)19)22(20,21)10-5-3-2-4-6-10/h2-8H,1H3. The molecule has 0 aliphatic heterocycles. The van der Waals surface area contributed by atoms with Crippen molar-refractivity contribution >= 4 is 21.2 Å². The Bertz CT molecular complexity index is 862. The summed E-state index contributed by atoms with van der Waals surface area (Å²) in [6.45, 7) is 1.15. The zero-order valence-corrected chi connectivity index (χ0v) is 12.1. The first-order chi connectivity index (χ1) is 10.3. The van der Waals surface area contributed by atoms with Crippen molar-refractivity contribution in [2.75, 3.05) is 0 Å². The van der Waals surface area contributed by atoms with E-state index in [1.807, 2.05) is 0 Å². The Labute approximate surface area is 125 Å². The summed E-state index contributed by atoms with van der Waals surface area (Å²) < 4.78 is 25.0. The van der Waals surface area contributed by atoms with E-state index in [4.69, 9.17) is 0 Å². The summed E-state index contributed by atoms with van der Waals surface area (Å²) in [7, 11) is -4.14. The monoisotopic (exact) mass is 322 g/mol. The van der Waals surface area contributed by atoms with E-state index in [0.29, 0.717) is 0 Å². The van der Waals surface area contributed by atoms with Gasteiger partial charge >= 0.3 is 0 Å². The van der Waals surface area contributed by atoms with Crippen LogP contribution in [0.3, 0.4) is 0 Å². The van der Waals surface area contributed by atoms with Gasteiger partial charge in [0.15, 0.2) is 0 Å². The molecule has 0 N–H and O–H groups in total. The van der Waals surface area contributed by atoms with Crippen LogP contribution in [0.2, 0.25) is 0 Å². The topological polar surface area (TPSA) is 120 Å². The number of rotatable bonds is 4. The molecule has 0 amide bonds. The van der Waals surface area contributed by atoms with Crippen LogP contribution in [-0.2, 0) is 9.84 Å². The average molecular weight is 322 g/mol. The molecule has 8 nitrogen and oxygen atoms in total. The third-order valence-electron chi connectivity index (χ3n) is 3.09. The Balaban J connectivity index is 2.80. The summed E-state index contributed by atoms with van der Waals surface area (Å²) in [6.07, 6.45) is 0. The Morgan fingerprint density at radius 2 is 1.50 bits per heavy atom. The van der Waals surface area contributed by atoms with E-state index in [9.17, 15) is 28.6 Å². The lowest BCUT2D eigenvalue weighted by atomic mass is 10.1. The van der Waals surface area contributed by atoms with E-state index in [2.05, 4.69) is 0 Å². The molecule has 0 aliphatic carbocycles. The zero-order chi connectivity index (χ0) is 16.5. The molecule has 2 aromatic carbocycles. The molecule has 0 bridgehead atoms. The SMILES string of the molecule is Cc1c([N+](=O)[O-])ccc(S(=O)(=O)c2ccccc2)c1[N+](=O)[O-]. The van der Waals surface area contributed by atoms with Gasteiger partial charge in [-0.05, 0) is 25.1 Å². The van der Waals surface area contributed by atoms with Crippen LogP contribution < -0.4 is 0 Å². The highest BCUT2D eigenvalue weighted by atomic mass is 32.2. The third-order valence-corrected chi connectivity index (χ3v) is 4.89. The molecule has 22 heavy (non-hydrogen) atoms. The lowest BCUT2D eigenvalue weighted by Crippen LogP contribution is -2.08. The van der Waals surface area contributed by atoms with Crippen molar-refractivity contribution in [1.29, 1.82) is 0 Å². The first kappa shape index (κ1) is 15.6. The maximum atomic E-state index is 12.5. The van der Waals surface area contributed by atoms with Gasteiger partial charge in [-0.3, -0.25) is 20.2 Å². The lowest BCUT2D eigenvalue weighted by Gasteiger charge is -2.07. The van der Waals surface area contributed by atoms with Crippen molar-refractivity contribution in [3.8, 4) is 0 Å². The Hall–Kier alpha value is -2.81. The van der Waals surface area contributed by atoms with Gasteiger partial charge < -0.3 is 0 Å². The molecule has 0 saturated heterocycles. The number of hydrogen-bond acceptors (Lipinski definition) is 6. The largest absolute Gasteiger partial charge is 0.298 e. The molecule has 0 saturated carbocycles. The van der Waals surface area contributed by atoms with Crippen LogP contribution in [0.5, 0.6) is 0 Å². The molecule has 0 unspecified atom stereocenters. The lowest BCUT2D eigenvalue weighted by molar-refractivity contribution is -0.397. The fourth-order valence-electron chi connectivity index (χ4n) is 2.03. The van der Waals surface area contributed by atoms with Gasteiger partial charge in [0.25, 0.3) is 11.4 Å². The average Bonchev–Trinajstić information content (AvgIpc) is 2.46. The number of nitro groups is 2. The van der Waals surface area contributed by atoms with Crippen molar-refractivity contribution in [2.24, 2.45) is 0 Å². The molecule has 0 radical (unpaired) electrons. The fraction of sp³-hybridized carbons (Fsp3) is 0.0769. The van der Waals surface area contributed by atoms with Crippen LogP contribution >= 0.6 is 0 Å². The minimum absolute atomic E-state index is 0.119. The molecule has 0 spiro atoms. The summed E-state index contributed by atoms with van der Waals surface area (Å²) >= 11 is 0. The van der Waals surface area contributed by atoms with E-state index < -0.39 is 36.0 Å². The molecular weight excluding hydrogens is 312 g/mol. The second-order valence-corrected chi connectivity index (χ2v) is 6.31. The maximum absolute atomic E-state index is 12.5. The highest BCUT2D eigenvalue weighted by molar-refractivity contribution is 7.91. The normalized spacial score (nSPS) is 11.1. The minimum atomic E-state index is -4.14. The van der Waals surface area contributed by atoms with Gasteiger partial charge in [-0.2, -0.15) is 0 Å². The van der Waals surface area contributed by atoms with Crippen LogP contribution in [-0.4, -0.2) is 18.3 Å². The van der Waals surface area contributed by atoms with E-state index >= 15 is 0 Å². The number of hydrogen-bond donors (Lipinski definition) is 0. The van der Waals surface area contributed by atoms with Crippen molar-refractivity contribution in [2.45, 2.75) is 16.7 Å². The first-order valence-corrected chi connectivity index (χ1v) is 7.47. The summed E-state index contributed by atoms with van der Waals surface area (Å²) in [5.74, 6) is 0. The van der Waals surface area contributed by atoms with Gasteiger partial charge in [0.05, 0.1) is 14.7 Å². The summed E-state index contributed by atoms with van der Waals surface area (Å²) in [5, 5.41) is 22.1. The molecule has 9 heteroatoms. The van der Waals surface area contributed by atoms with Crippen LogP contribution in [0.1, 0.15) is 5.56 Å². The van der Waals surface area contributed by atoms with E-state index in [1.54, 1.807) is 6.07 Å². The van der Waals surface area contributed by atoms with Gasteiger partial charge in [-0.15, -0.1) is 0 Å². The Morgan fingerprint density at radius 3 is 2.00 bits per heavy atom. The van der Waals surface area contributed by atoms with E-state index in [0.717, 1.165) is 19.1 Å². The van der Waals surface area contributed by atoms with Crippen LogP contribution in [0.25, 0.3) is 0 Å². The number of sulfone groups is 1. The van der Waals surface area contributed by atoms with Gasteiger partial charge in [-0.1, -0.05) is 18.2 Å². The predicted molar refractivity (Wildman–Crippen MR) is 76.4 cm³/mol. The molecule has 0 fully saturated rings. The summed E-state index contributed by atoms with van der Waals surface area (Å²) in [4.78, 5) is 19.7. The fourth-order valence-corrected chi connectivity index (χ4v) is 3.53. The van der Waals surface area contributed by atoms with E-state index in [-0.39, 0.29) is 10.5 Å². The molecule has 0 heterocycles. The molecule has 2 aromatic rings. The van der Waals surface area contributed by atoms with Gasteiger partial charge in [0, 0.05) is 6.07 Å². The number of nitro benzene ring substituents is 2. The molecular formula is C13H10N2O6S. The first-order valence-electron chi connectivity index (χ1n) is 5.99. The predicted octanol–water partition coefficient (Wildman–Crippen LogP) is 2.64. The van der Waals surface area contributed by atoms with Crippen molar-refractivity contribution in [1.82, 2.24) is 0 Å². The van der Waals surface area contributed by atoms with Crippen LogP contribution in [0.4, 0.5) is 11.4 Å². The van der Waals surface area contributed by atoms with Gasteiger partial charge in [0.1, 0.15) is 10.5 Å². The second kappa shape index (κ2) is 5.53. The van der Waals surface area contributed by atoms with Gasteiger partial charge in [0.2, 0.25) is 9.84 Å². The Morgan fingerprint density at radius 1 is 0.909 bits per heavy atom. The molecule has 0 atom stereocenters. The van der Waals surface area contributed by atoms with Crippen molar-refractivity contribution < 1.29 is 18.3 Å². The molecule has 114 valence electrons. The highest BCUT2D eigenvalue weighted by Gasteiger charge is 2.33.